The first kappa shape index (κ1) is 12.5. The first-order chi connectivity index (χ1) is 9.54. The molecule has 0 aliphatic heterocycles. The van der Waals surface area contributed by atoms with Gasteiger partial charge in [-0.05, 0) is 17.7 Å². The van der Waals surface area contributed by atoms with Crippen molar-refractivity contribution in [1.29, 1.82) is 0 Å². The minimum atomic E-state index is -4.81. The van der Waals surface area contributed by atoms with Crippen LogP contribution in [0.25, 0.3) is 16.9 Å². The number of nitrogens with zero attached hydrogens (tertiary/aromatic N) is 3. The maximum atomic E-state index is 12.4. The summed E-state index contributed by atoms with van der Waals surface area (Å²) in [5, 5.41) is 7.11. The lowest BCUT2D eigenvalue weighted by atomic mass is 10.1. The van der Waals surface area contributed by atoms with Gasteiger partial charge in [0.1, 0.15) is 0 Å². The van der Waals surface area contributed by atoms with Crippen LogP contribution in [-0.2, 0) is 0 Å². The summed E-state index contributed by atoms with van der Waals surface area (Å²) in [7, 11) is 0. The Balaban J connectivity index is 2.20. The molecule has 0 saturated carbocycles. The van der Waals surface area contributed by atoms with Crippen molar-refractivity contribution in [3.8, 4) is 17.3 Å². The molecule has 102 valence electrons. The third-order valence-electron chi connectivity index (χ3n) is 2.68. The normalized spacial score (nSPS) is 11.8. The van der Waals surface area contributed by atoms with E-state index in [4.69, 9.17) is 0 Å². The largest absolute Gasteiger partial charge is 0.575 e. The smallest absolute Gasteiger partial charge is 0.370 e. The van der Waals surface area contributed by atoms with Gasteiger partial charge >= 0.3 is 12.4 Å². The van der Waals surface area contributed by atoms with E-state index >= 15 is 0 Å². The van der Waals surface area contributed by atoms with Gasteiger partial charge in [-0.3, -0.25) is 0 Å². The second-order valence-corrected chi connectivity index (χ2v) is 4.00. The first-order valence-corrected chi connectivity index (χ1v) is 5.70. The third kappa shape index (κ3) is 2.29. The number of fused-ring (bicyclic) bond motifs is 1. The highest BCUT2D eigenvalue weighted by Gasteiger charge is 2.33. The van der Waals surface area contributed by atoms with Gasteiger partial charge in [0.15, 0.2) is 5.65 Å². The Morgan fingerprint density at radius 3 is 2.35 bits per heavy atom. The van der Waals surface area contributed by atoms with Crippen LogP contribution in [0.3, 0.4) is 0 Å². The molecule has 20 heavy (non-hydrogen) atoms. The van der Waals surface area contributed by atoms with E-state index in [1.54, 1.807) is 42.5 Å². The molecule has 0 fully saturated rings. The SMILES string of the molecule is FC(F)(F)Oc1nnc2cccc(-c3ccccc3)n12. The van der Waals surface area contributed by atoms with Gasteiger partial charge in [-0.15, -0.1) is 18.3 Å². The molecule has 0 unspecified atom stereocenters. The lowest BCUT2D eigenvalue weighted by Gasteiger charge is -2.09. The highest BCUT2D eigenvalue weighted by atomic mass is 19.4. The number of halogens is 3. The Kier molecular flexibility index (Phi) is 2.81. The number of alkyl halides is 3. The number of hydrogen-bond acceptors (Lipinski definition) is 3. The second-order valence-electron chi connectivity index (χ2n) is 4.00. The summed E-state index contributed by atoms with van der Waals surface area (Å²) in [5.74, 6) is 0. The molecule has 2 aromatic heterocycles. The van der Waals surface area contributed by atoms with Crippen molar-refractivity contribution in [2.75, 3.05) is 0 Å². The molecule has 1 aromatic carbocycles. The summed E-state index contributed by atoms with van der Waals surface area (Å²) in [6, 6.07) is 13.3. The van der Waals surface area contributed by atoms with Crippen LogP contribution in [0, 0.1) is 0 Å². The fraction of sp³-hybridized carbons (Fsp3) is 0.0769. The van der Waals surface area contributed by atoms with E-state index in [0.717, 1.165) is 5.56 Å². The van der Waals surface area contributed by atoms with Gasteiger partial charge in [0.05, 0.1) is 5.69 Å². The fourth-order valence-corrected chi connectivity index (χ4v) is 1.92. The van der Waals surface area contributed by atoms with Crippen molar-refractivity contribution < 1.29 is 17.9 Å². The summed E-state index contributed by atoms with van der Waals surface area (Å²) >= 11 is 0. The van der Waals surface area contributed by atoms with Crippen molar-refractivity contribution in [3.05, 3.63) is 48.5 Å². The number of ether oxygens (including phenoxy) is 1. The van der Waals surface area contributed by atoms with Crippen LogP contribution < -0.4 is 4.74 Å². The molecule has 3 aromatic rings. The van der Waals surface area contributed by atoms with E-state index in [-0.39, 0.29) is 5.65 Å². The zero-order valence-electron chi connectivity index (χ0n) is 10.0. The molecule has 0 aliphatic carbocycles. The number of rotatable bonds is 2. The van der Waals surface area contributed by atoms with Crippen molar-refractivity contribution in [2.24, 2.45) is 0 Å². The average molecular weight is 279 g/mol. The summed E-state index contributed by atoms with van der Waals surface area (Å²) in [6.07, 6.45) is -4.81. The Bertz CT molecular complexity index is 737. The number of pyridine rings is 1. The van der Waals surface area contributed by atoms with E-state index in [0.29, 0.717) is 5.69 Å². The summed E-state index contributed by atoms with van der Waals surface area (Å²) < 4.78 is 42.3. The highest BCUT2D eigenvalue weighted by molar-refractivity contribution is 5.64. The van der Waals surface area contributed by atoms with Gasteiger partial charge in [-0.1, -0.05) is 41.5 Å². The molecule has 0 N–H and O–H groups in total. The monoisotopic (exact) mass is 279 g/mol. The van der Waals surface area contributed by atoms with E-state index in [2.05, 4.69) is 14.9 Å². The van der Waals surface area contributed by atoms with Crippen LogP contribution in [0.5, 0.6) is 6.01 Å². The average Bonchev–Trinajstić information content (AvgIpc) is 2.81. The molecule has 7 heteroatoms. The summed E-state index contributed by atoms with van der Waals surface area (Å²) in [4.78, 5) is 0. The predicted octanol–water partition coefficient (Wildman–Crippen LogP) is 3.29. The van der Waals surface area contributed by atoms with Crippen LogP contribution in [-0.4, -0.2) is 21.0 Å². The van der Waals surface area contributed by atoms with Crippen LogP contribution in [0.1, 0.15) is 0 Å². The van der Waals surface area contributed by atoms with Gasteiger partial charge in [-0.2, -0.15) is 0 Å². The van der Waals surface area contributed by atoms with Gasteiger partial charge < -0.3 is 4.74 Å². The van der Waals surface area contributed by atoms with Gasteiger partial charge in [-0.25, -0.2) is 4.40 Å². The van der Waals surface area contributed by atoms with Crippen molar-refractivity contribution in [2.45, 2.75) is 6.36 Å². The van der Waals surface area contributed by atoms with Crippen LogP contribution in [0.15, 0.2) is 48.5 Å². The van der Waals surface area contributed by atoms with Crippen molar-refractivity contribution in [1.82, 2.24) is 14.6 Å². The molecule has 0 spiro atoms. The molecule has 2 heterocycles. The Morgan fingerprint density at radius 2 is 1.65 bits per heavy atom. The van der Waals surface area contributed by atoms with E-state index in [9.17, 15) is 13.2 Å². The first-order valence-electron chi connectivity index (χ1n) is 5.70. The lowest BCUT2D eigenvalue weighted by Crippen LogP contribution is -2.19. The molecular weight excluding hydrogens is 271 g/mol. The number of hydrogen-bond donors (Lipinski definition) is 0. The van der Waals surface area contributed by atoms with Crippen LogP contribution >= 0.6 is 0 Å². The standard InChI is InChI=1S/C13H8F3N3O/c14-13(15,16)20-12-18-17-11-8-4-7-10(19(11)12)9-5-2-1-3-6-9/h1-8H. The quantitative estimate of drug-likeness (QED) is 0.722. The highest BCUT2D eigenvalue weighted by Crippen LogP contribution is 2.27. The van der Waals surface area contributed by atoms with Gasteiger partial charge in [0.25, 0.3) is 0 Å². The molecule has 0 atom stereocenters. The molecule has 0 bridgehead atoms. The van der Waals surface area contributed by atoms with Crippen LogP contribution in [0.2, 0.25) is 0 Å². The van der Waals surface area contributed by atoms with Gasteiger partial charge in [0, 0.05) is 0 Å². The fourth-order valence-electron chi connectivity index (χ4n) is 1.92. The van der Waals surface area contributed by atoms with Crippen molar-refractivity contribution in [3.63, 3.8) is 0 Å². The van der Waals surface area contributed by atoms with E-state index in [1.807, 2.05) is 6.07 Å². The molecule has 3 rings (SSSR count). The number of aromatic nitrogens is 3. The zero-order chi connectivity index (χ0) is 14.2. The predicted molar refractivity (Wildman–Crippen MR) is 65.1 cm³/mol. The van der Waals surface area contributed by atoms with E-state index in [1.165, 1.54) is 4.40 Å². The van der Waals surface area contributed by atoms with E-state index < -0.39 is 12.4 Å². The zero-order valence-corrected chi connectivity index (χ0v) is 10.0. The Hall–Kier alpha value is -2.57. The molecular formula is C13H8F3N3O. The molecule has 0 radical (unpaired) electrons. The van der Waals surface area contributed by atoms with Crippen molar-refractivity contribution >= 4 is 5.65 Å². The number of benzene rings is 1. The lowest BCUT2D eigenvalue weighted by molar-refractivity contribution is -0.278. The van der Waals surface area contributed by atoms with Gasteiger partial charge in [0.2, 0.25) is 0 Å². The molecule has 0 aliphatic rings. The minimum Gasteiger partial charge on any atom is -0.370 e. The maximum absolute atomic E-state index is 12.4. The molecule has 4 nitrogen and oxygen atoms in total. The summed E-state index contributed by atoms with van der Waals surface area (Å²) in [6.45, 7) is 0. The second kappa shape index (κ2) is 4.52. The third-order valence-corrected chi connectivity index (χ3v) is 2.68. The summed E-state index contributed by atoms with van der Waals surface area (Å²) in [5.41, 5.74) is 1.54. The van der Waals surface area contributed by atoms with Crippen LogP contribution in [0.4, 0.5) is 13.2 Å². The molecule has 0 saturated heterocycles. The Morgan fingerprint density at radius 1 is 0.900 bits per heavy atom. The maximum Gasteiger partial charge on any atom is 0.575 e. The topological polar surface area (TPSA) is 39.4 Å². The Labute approximate surface area is 111 Å². The molecule has 0 amide bonds. The minimum absolute atomic E-state index is 0.283.